The fraction of sp³-hybridized carbons (Fsp3) is 0.400. The third-order valence-corrected chi connectivity index (χ3v) is 4.43. The normalized spacial score (nSPS) is 12.5. The molecule has 0 spiro atoms. The Labute approximate surface area is 129 Å². The fourth-order valence-electron chi connectivity index (χ4n) is 3.16. The van der Waals surface area contributed by atoms with Gasteiger partial charge in [-0.2, -0.15) is 0 Å². The molecule has 1 heterocycles. The first-order valence-electron chi connectivity index (χ1n) is 8.12. The number of fused-ring (bicyclic) bond motifs is 1. The van der Waals surface area contributed by atoms with E-state index in [1.54, 1.807) is 0 Å². The van der Waals surface area contributed by atoms with E-state index in [1.807, 2.05) is 12.2 Å². The summed E-state index contributed by atoms with van der Waals surface area (Å²) in [5.41, 5.74) is 3.73. The minimum absolute atomic E-state index is 0.733. The van der Waals surface area contributed by atoms with Gasteiger partial charge in [0.25, 0.3) is 0 Å². The number of unbranched alkanes of at least 4 members (excludes halogenated alkanes) is 1. The van der Waals surface area contributed by atoms with Gasteiger partial charge < -0.3 is 4.57 Å². The van der Waals surface area contributed by atoms with Crippen molar-refractivity contribution in [3.05, 3.63) is 48.7 Å². The van der Waals surface area contributed by atoms with Crippen LogP contribution in [-0.2, 0) is 6.54 Å². The van der Waals surface area contributed by atoms with Gasteiger partial charge in [0, 0.05) is 28.7 Å². The molecule has 1 nitrogen and oxygen atoms in total. The summed E-state index contributed by atoms with van der Waals surface area (Å²) in [6, 6.07) is 8.61. The number of aromatic nitrogens is 1. The summed E-state index contributed by atoms with van der Waals surface area (Å²) in [6.07, 6.45) is 9.06. The molecule has 1 heteroatoms. The number of para-hydroxylation sites is 1. The SMILES string of the molecule is C=Cc1c(C=C)n(CC(CC)CCCC)c2ccccc12. The molecule has 21 heavy (non-hydrogen) atoms. The Balaban J connectivity index is 2.46. The van der Waals surface area contributed by atoms with Crippen LogP contribution in [0.25, 0.3) is 23.1 Å². The van der Waals surface area contributed by atoms with Crippen LogP contribution in [0.4, 0.5) is 0 Å². The van der Waals surface area contributed by atoms with Crippen LogP contribution >= 0.6 is 0 Å². The van der Waals surface area contributed by atoms with Crippen molar-refractivity contribution < 1.29 is 0 Å². The Morgan fingerprint density at radius 3 is 2.52 bits per heavy atom. The molecule has 0 bridgehead atoms. The number of benzene rings is 1. The Kier molecular flexibility index (Phi) is 5.44. The molecule has 0 aliphatic rings. The molecule has 112 valence electrons. The quantitative estimate of drug-likeness (QED) is 0.547. The van der Waals surface area contributed by atoms with Crippen molar-refractivity contribution in [2.45, 2.75) is 46.1 Å². The van der Waals surface area contributed by atoms with Crippen molar-refractivity contribution in [2.24, 2.45) is 5.92 Å². The second kappa shape index (κ2) is 7.31. The van der Waals surface area contributed by atoms with E-state index in [0.717, 1.165) is 12.5 Å². The van der Waals surface area contributed by atoms with Gasteiger partial charge in [0.15, 0.2) is 0 Å². The molecule has 2 rings (SSSR count). The Hall–Kier alpha value is -1.76. The molecule has 0 saturated heterocycles. The number of hydrogen-bond acceptors (Lipinski definition) is 0. The van der Waals surface area contributed by atoms with Crippen molar-refractivity contribution in [1.82, 2.24) is 4.57 Å². The first kappa shape index (κ1) is 15.6. The van der Waals surface area contributed by atoms with Gasteiger partial charge in [-0.15, -0.1) is 0 Å². The second-order valence-corrected chi connectivity index (χ2v) is 5.75. The predicted molar refractivity (Wildman–Crippen MR) is 95.4 cm³/mol. The predicted octanol–water partition coefficient (Wildman–Crippen LogP) is 6.14. The molecule has 1 unspecified atom stereocenters. The Bertz CT molecular complexity index is 618. The van der Waals surface area contributed by atoms with Crippen LogP contribution < -0.4 is 0 Å². The minimum Gasteiger partial charge on any atom is -0.340 e. The van der Waals surface area contributed by atoms with E-state index in [0.29, 0.717) is 0 Å². The third kappa shape index (κ3) is 3.12. The van der Waals surface area contributed by atoms with Gasteiger partial charge in [-0.25, -0.2) is 0 Å². The molecule has 0 saturated carbocycles. The molecule has 0 amide bonds. The summed E-state index contributed by atoms with van der Waals surface area (Å²) in [5, 5.41) is 1.28. The van der Waals surface area contributed by atoms with Gasteiger partial charge >= 0.3 is 0 Å². The maximum Gasteiger partial charge on any atom is 0.0491 e. The van der Waals surface area contributed by atoms with E-state index < -0.39 is 0 Å². The lowest BCUT2D eigenvalue weighted by Gasteiger charge is -2.18. The smallest absolute Gasteiger partial charge is 0.0491 e. The molecule has 2 aromatic rings. The summed E-state index contributed by atoms with van der Waals surface area (Å²) >= 11 is 0. The van der Waals surface area contributed by atoms with Crippen molar-refractivity contribution in [3.63, 3.8) is 0 Å². The molecule has 0 N–H and O–H groups in total. The topological polar surface area (TPSA) is 4.93 Å². The summed E-state index contributed by atoms with van der Waals surface area (Å²) in [7, 11) is 0. The second-order valence-electron chi connectivity index (χ2n) is 5.75. The van der Waals surface area contributed by atoms with Gasteiger partial charge in [0.2, 0.25) is 0 Å². The van der Waals surface area contributed by atoms with Gasteiger partial charge in [-0.3, -0.25) is 0 Å². The zero-order valence-corrected chi connectivity index (χ0v) is 13.4. The number of hydrogen-bond donors (Lipinski definition) is 0. The summed E-state index contributed by atoms with van der Waals surface area (Å²) in [4.78, 5) is 0. The monoisotopic (exact) mass is 281 g/mol. The van der Waals surface area contributed by atoms with Gasteiger partial charge in [-0.1, -0.05) is 70.5 Å². The maximum atomic E-state index is 4.02. The van der Waals surface area contributed by atoms with E-state index in [9.17, 15) is 0 Å². The van der Waals surface area contributed by atoms with Crippen LogP contribution in [0.15, 0.2) is 37.4 Å². The Morgan fingerprint density at radius 2 is 1.90 bits per heavy atom. The first-order valence-corrected chi connectivity index (χ1v) is 8.12. The molecule has 1 atom stereocenters. The number of nitrogens with zero attached hydrogens (tertiary/aromatic N) is 1. The van der Waals surface area contributed by atoms with Gasteiger partial charge in [0.1, 0.15) is 0 Å². The molecular weight excluding hydrogens is 254 g/mol. The van der Waals surface area contributed by atoms with Gasteiger partial charge in [0.05, 0.1) is 0 Å². The van der Waals surface area contributed by atoms with Crippen molar-refractivity contribution in [1.29, 1.82) is 0 Å². The number of rotatable bonds is 8. The molecule has 1 aromatic carbocycles. The van der Waals surface area contributed by atoms with Crippen LogP contribution in [0.5, 0.6) is 0 Å². The van der Waals surface area contributed by atoms with E-state index in [4.69, 9.17) is 0 Å². The fourth-order valence-corrected chi connectivity index (χ4v) is 3.16. The first-order chi connectivity index (χ1) is 10.3. The van der Waals surface area contributed by atoms with Crippen LogP contribution in [0.1, 0.15) is 50.8 Å². The summed E-state index contributed by atoms with van der Waals surface area (Å²) in [5.74, 6) is 0.733. The van der Waals surface area contributed by atoms with Crippen LogP contribution in [0, 0.1) is 5.92 Å². The van der Waals surface area contributed by atoms with Crippen molar-refractivity contribution in [2.75, 3.05) is 0 Å². The standard InChI is InChI=1S/C20H27N/c1-5-9-12-16(6-2)15-21-19(8-4)17(7-3)18-13-10-11-14-20(18)21/h7-8,10-11,13-14,16H,3-6,9,12,15H2,1-2H3. The Morgan fingerprint density at radius 1 is 1.14 bits per heavy atom. The van der Waals surface area contributed by atoms with E-state index in [1.165, 1.54) is 47.8 Å². The third-order valence-electron chi connectivity index (χ3n) is 4.43. The molecule has 0 aliphatic carbocycles. The molecule has 0 radical (unpaired) electrons. The highest BCUT2D eigenvalue weighted by atomic mass is 15.0. The highest BCUT2D eigenvalue weighted by Crippen LogP contribution is 2.30. The molecule has 0 fully saturated rings. The molecular formula is C20H27N. The van der Waals surface area contributed by atoms with E-state index in [-0.39, 0.29) is 0 Å². The summed E-state index contributed by atoms with van der Waals surface area (Å²) in [6.45, 7) is 13.7. The molecule has 1 aromatic heterocycles. The van der Waals surface area contributed by atoms with E-state index >= 15 is 0 Å². The minimum atomic E-state index is 0.733. The lowest BCUT2D eigenvalue weighted by Crippen LogP contribution is -2.11. The maximum absolute atomic E-state index is 4.02. The lowest BCUT2D eigenvalue weighted by molar-refractivity contribution is 0.395. The summed E-state index contributed by atoms with van der Waals surface area (Å²) < 4.78 is 2.43. The highest BCUT2D eigenvalue weighted by Gasteiger charge is 2.15. The highest BCUT2D eigenvalue weighted by molar-refractivity contribution is 5.93. The van der Waals surface area contributed by atoms with Crippen molar-refractivity contribution >= 4 is 23.1 Å². The molecule has 0 aliphatic heterocycles. The van der Waals surface area contributed by atoms with Gasteiger partial charge in [-0.05, 0) is 24.5 Å². The van der Waals surface area contributed by atoms with Crippen LogP contribution in [-0.4, -0.2) is 4.57 Å². The average molecular weight is 281 g/mol. The van der Waals surface area contributed by atoms with Crippen molar-refractivity contribution in [3.8, 4) is 0 Å². The average Bonchev–Trinajstić information content (AvgIpc) is 2.84. The van der Waals surface area contributed by atoms with E-state index in [2.05, 4.69) is 55.8 Å². The van der Waals surface area contributed by atoms with Crippen LogP contribution in [0.3, 0.4) is 0 Å². The van der Waals surface area contributed by atoms with Crippen LogP contribution in [0.2, 0.25) is 0 Å². The zero-order chi connectivity index (χ0) is 15.2. The lowest BCUT2D eigenvalue weighted by atomic mass is 9.99. The zero-order valence-electron chi connectivity index (χ0n) is 13.4. The largest absolute Gasteiger partial charge is 0.340 e.